The van der Waals surface area contributed by atoms with Gasteiger partial charge >= 0.3 is 5.97 Å². The molecule has 0 amide bonds. The highest BCUT2D eigenvalue weighted by atomic mass is 32.1. The van der Waals surface area contributed by atoms with Crippen LogP contribution in [0.1, 0.15) is 24.1 Å². The molecule has 1 aliphatic rings. The minimum Gasteiger partial charge on any atom is -0.462 e. The molecule has 2 N–H and O–H groups in total. The maximum Gasteiger partial charge on any atom is 0.343 e. The molecule has 4 rings (SSSR count). The van der Waals surface area contributed by atoms with Gasteiger partial charge in [0.05, 0.1) is 28.5 Å². The van der Waals surface area contributed by atoms with Gasteiger partial charge in [0.15, 0.2) is 0 Å². The van der Waals surface area contributed by atoms with Gasteiger partial charge in [0.25, 0.3) is 5.56 Å². The standard InChI is InChI=1S/C22H17N5O3S/c1-2-30-22(29)17-18(24)15(10-23)19(14-6-4-8-26-12-14)27-20(28)16(31-21(17)27)9-13-5-3-7-25-11-13/h3-9,11-12,19H,2,24H2,1H3/b16-9+/t19-/m1/s1. The van der Waals surface area contributed by atoms with Gasteiger partial charge in [-0.25, -0.2) is 4.79 Å². The number of hydrogen-bond donors (Lipinski definition) is 1. The molecular weight excluding hydrogens is 414 g/mol. The Hall–Kier alpha value is -4.03. The van der Waals surface area contributed by atoms with Crippen molar-refractivity contribution in [3.05, 3.63) is 91.0 Å². The third-order valence-electron chi connectivity index (χ3n) is 4.74. The molecule has 0 spiro atoms. The molecule has 0 fully saturated rings. The first-order valence-corrected chi connectivity index (χ1v) is 10.2. The maximum atomic E-state index is 13.5. The largest absolute Gasteiger partial charge is 0.462 e. The Morgan fingerprint density at radius 3 is 2.68 bits per heavy atom. The molecule has 9 heteroatoms. The molecule has 3 aromatic heterocycles. The van der Waals surface area contributed by atoms with Gasteiger partial charge in [0.2, 0.25) is 0 Å². The van der Waals surface area contributed by atoms with Crippen LogP contribution in [-0.4, -0.2) is 27.1 Å². The normalized spacial score (nSPS) is 16.1. The number of hydrogen-bond acceptors (Lipinski definition) is 8. The van der Waals surface area contributed by atoms with Crippen molar-refractivity contribution in [3.63, 3.8) is 0 Å². The van der Waals surface area contributed by atoms with Crippen molar-refractivity contribution < 1.29 is 9.53 Å². The average Bonchev–Trinajstić information content (AvgIpc) is 3.09. The zero-order chi connectivity index (χ0) is 22.0. The van der Waals surface area contributed by atoms with Crippen molar-refractivity contribution in [3.8, 4) is 6.07 Å². The van der Waals surface area contributed by atoms with E-state index in [0.29, 0.717) is 14.8 Å². The predicted octanol–water partition coefficient (Wildman–Crippen LogP) is 0.582. The number of carbonyl (C=O) groups is 1. The van der Waals surface area contributed by atoms with Crippen molar-refractivity contribution in [1.82, 2.24) is 14.5 Å². The monoisotopic (exact) mass is 431 g/mol. The highest BCUT2D eigenvalue weighted by Gasteiger charge is 2.34. The van der Waals surface area contributed by atoms with Gasteiger partial charge in [-0.2, -0.15) is 5.26 Å². The molecule has 0 saturated carbocycles. The van der Waals surface area contributed by atoms with Gasteiger partial charge in [-0.05, 0) is 36.3 Å². The van der Waals surface area contributed by atoms with Gasteiger partial charge < -0.3 is 10.5 Å². The van der Waals surface area contributed by atoms with E-state index in [1.807, 2.05) is 6.07 Å². The lowest BCUT2D eigenvalue weighted by molar-refractivity contribution is -0.136. The number of aromatic nitrogens is 3. The van der Waals surface area contributed by atoms with Crippen LogP contribution < -0.4 is 20.5 Å². The number of nitriles is 1. The first kappa shape index (κ1) is 20.3. The van der Waals surface area contributed by atoms with Gasteiger partial charge in [0.1, 0.15) is 16.3 Å². The van der Waals surface area contributed by atoms with Crippen LogP contribution in [0.15, 0.2) is 65.1 Å². The van der Waals surface area contributed by atoms with E-state index in [4.69, 9.17) is 10.5 Å². The fourth-order valence-corrected chi connectivity index (χ4v) is 4.59. The predicted molar refractivity (Wildman–Crippen MR) is 115 cm³/mol. The molecular formula is C22H17N5O3S. The fourth-order valence-electron chi connectivity index (χ4n) is 3.42. The van der Waals surface area contributed by atoms with E-state index < -0.39 is 12.0 Å². The summed E-state index contributed by atoms with van der Waals surface area (Å²) in [5.74, 6) is -0.680. The van der Waals surface area contributed by atoms with Gasteiger partial charge in [-0.1, -0.05) is 12.1 Å². The zero-order valence-electron chi connectivity index (χ0n) is 16.5. The second kappa shape index (κ2) is 8.38. The number of allylic oxidation sites excluding steroid dienone is 1. The summed E-state index contributed by atoms with van der Waals surface area (Å²) in [6.07, 6.45) is 8.13. The van der Waals surface area contributed by atoms with E-state index in [9.17, 15) is 14.9 Å². The molecule has 0 saturated heterocycles. The molecule has 4 heterocycles. The molecule has 1 aliphatic heterocycles. The Morgan fingerprint density at radius 2 is 2.06 bits per heavy atom. The third kappa shape index (κ3) is 3.53. The maximum absolute atomic E-state index is 13.5. The number of carbonyl (C=O) groups excluding carboxylic acids is 1. The molecule has 154 valence electrons. The molecule has 31 heavy (non-hydrogen) atoms. The van der Waals surface area contributed by atoms with E-state index in [1.165, 1.54) is 4.57 Å². The Labute approximate surface area is 180 Å². The number of ether oxygens (including phenoxy) is 1. The third-order valence-corrected chi connectivity index (χ3v) is 5.85. The van der Waals surface area contributed by atoms with Crippen LogP contribution in [0.3, 0.4) is 0 Å². The van der Waals surface area contributed by atoms with E-state index in [1.54, 1.807) is 56.0 Å². The summed E-state index contributed by atoms with van der Waals surface area (Å²) < 4.78 is 7.31. The summed E-state index contributed by atoms with van der Waals surface area (Å²) >= 11 is 1.12. The lowest BCUT2D eigenvalue weighted by atomic mass is 9.94. The van der Waals surface area contributed by atoms with E-state index in [2.05, 4.69) is 16.0 Å². The van der Waals surface area contributed by atoms with E-state index in [0.717, 1.165) is 16.9 Å². The number of pyridine rings is 2. The van der Waals surface area contributed by atoms with Crippen LogP contribution in [0.2, 0.25) is 0 Å². The van der Waals surface area contributed by atoms with E-state index >= 15 is 0 Å². The van der Waals surface area contributed by atoms with Crippen molar-refractivity contribution in [1.29, 1.82) is 5.26 Å². The second-order valence-corrected chi connectivity index (χ2v) is 7.63. The zero-order valence-corrected chi connectivity index (χ0v) is 17.3. The van der Waals surface area contributed by atoms with Gasteiger partial charge in [-0.3, -0.25) is 19.3 Å². The number of nitrogens with zero attached hydrogens (tertiary/aromatic N) is 4. The van der Waals surface area contributed by atoms with Crippen LogP contribution >= 0.6 is 11.3 Å². The van der Waals surface area contributed by atoms with Crippen molar-refractivity contribution in [2.45, 2.75) is 13.0 Å². The smallest absolute Gasteiger partial charge is 0.343 e. The quantitative estimate of drug-likeness (QED) is 0.599. The molecule has 1 atom stereocenters. The van der Waals surface area contributed by atoms with Crippen molar-refractivity contribution in [2.24, 2.45) is 5.73 Å². The Kier molecular flexibility index (Phi) is 5.47. The molecule has 0 aliphatic carbocycles. The Balaban J connectivity index is 2.10. The fraction of sp³-hybridized carbons (Fsp3) is 0.136. The molecule has 0 unspecified atom stereocenters. The summed E-state index contributed by atoms with van der Waals surface area (Å²) in [6, 6.07) is 8.33. The SMILES string of the molecule is CCOC(=O)C1=c2s/c(=C/c3cccnc3)c(=O)n2[C@H](c2cccnc2)C(C#N)=C1N. The minimum absolute atomic E-state index is 0.00369. The molecule has 0 bridgehead atoms. The first-order chi connectivity index (χ1) is 15.1. The Bertz CT molecular complexity index is 1400. The summed E-state index contributed by atoms with van der Waals surface area (Å²) in [5.41, 5.74) is 7.40. The summed E-state index contributed by atoms with van der Waals surface area (Å²) in [5, 5.41) is 9.88. The lowest BCUT2D eigenvalue weighted by Gasteiger charge is -2.24. The minimum atomic E-state index is -0.799. The highest BCUT2D eigenvalue weighted by molar-refractivity contribution is 7.07. The average molecular weight is 431 g/mol. The molecule has 0 radical (unpaired) electrons. The highest BCUT2D eigenvalue weighted by Crippen LogP contribution is 2.30. The molecule has 8 nitrogen and oxygen atoms in total. The topological polar surface area (TPSA) is 124 Å². The number of nitrogens with two attached hydrogens (primary N) is 1. The number of fused-ring (bicyclic) bond motifs is 1. The van der Waals surface area contributed by atoms with Gasteiger partial charge in [0, 0.05) is 24.8 Å². The van der Waals surface area contributed by atoms with Crippen LogP contribution in [0.25, 0.3) is 11.6 Å². The van der Waals surface area contributed by atoms with Crippen molar-refractivity contribution >= 4 is 29.0 Å². The summed E-state index contributed by atoms with van der Waals surface area (Å²) in [7, 11) is 0. The first-order valence-electron chi connectivity index (χ1n) is 9.41. The van der Waals surface area contributed by atoms with Gasteiger partial charge in [-0.15, -0.1) is 11.3 Å². The van der Waals surface area contributed by atoms with Crippen LogP contribution in [0, 0.1) is 11.3 Å². The Morgan fingerprint density at radius 1 is 1.32 bits per heavy atom. The number of thiazole rings is 1. The van der Waals surface area contributed by atoms with Crippen LogP contribution in [0.4, 0.5) is 0 Å². The second-order valence-electron chi connectivity index (χ2n) is 6.60. The summed E-state index contributed by atoms with van der Waals surface area (Å²) in [6.45, 7) is 1.81. The van der Waals surface area contributed by atoms with Crippen LogP contribution in [0.5, 0.6) is 0 Å². The number of rotatable bonds is 4. The molecule has 0 aromatic carbocycles. The number of esters is 1. The van der Waals surface area contributed by atoms with Crippen molar-refractivity contribution in [2.75, 3.05) is 6.61 Å². The lowest BCUT2D eigenvalue weighted by Crippen LogP contribution is -2.41. The van der Waals surface area contributed by atoms with Crippen LogP contribution in [-0.2, 0) is 9.53 Å². The molecule has 3 aromatic rings. The van der Waals surface area contributed by atoms with E-state index in [-0.39, 0.29) is 29.0 Å². The summed E-state index contributed by atoms with van der Waals surface area (Å²) in [4.78, 5) is 34.4.